The zero-order valence-electron chi connectivity index (χ0n) is 19.3. The maximum absolute atomic E-state index is 13.2. The number of fused-ring (bicyclic) bond motifs is 3. The molecule has 0 radical (unpaired) electrons. The molecule has 3 aromatic rings. The van der Waals surface area contributed by atoms with Gasteiger partial charge in [-0.2, -0.15) is 5.10 Å². The molecule has 4 rings (SSSR count). The average Bonchev–Trinajstić information content (AvgIpc) is 3.18. The molecule has 2 aromatic heterocycles. The Kier molecular flexibility index (Phi) is 6.78. The Morgan fingerprint density at radius 1 is 1.24 bits per heavy atom. The molecule has 0 spiro atoms. The first-order chi connectivity index (χ1) is 15.9. The van der Waals surface area contributed by atoms with Crippen LogP contribution in [0.4, 0.5) is 0 Å². The van der Waals surface area contributed by atoms with E-state index >= 15 is 0 Å². The number of ether oxygens (including phenoxy) is 2. The van der Waals surface area contributed by atoms with Crippen molar-refractivity contribution in [2.45, 2.75) is 58.6 Å². The molecule has 33 heavy (non-hydrogen) atoms. The summed E-state index contributed by atoms with van der Waals surface area (Å²) in [7, 11) is 1.57. The highest BCUT2D eigenvalue weighted by Crippen LogP contribution is 2.33. The Hall–Kier alpha value is -3.20. The summed E-state index contributed by atoms with van der Waals surface area (Å²) in [5.74, 6) is 0.822. The van der Waals surface area contributed by atoms with Gasteiger partial charge in [0.05, 0.1) is 31.1 Å². The minimum atomic E-state index is -0.748. The number of aromatic nitrogens is 2. The predicted octanol–water partition coefficient (Wildman–Crippen LogP) is 3.84. The Labute approximate surface area is 196 Å². The van der Waals surface area contributed by atoms with Gasteiger partial charge in [-0.05, 0) is 75.8 Å². The summed E-state index contributed by atoms with van der Waals surface area (Å²) >= 11 is 1.59. The van der Waals surface area contributed by atoms with Crippen molar-refractivity contribution in [1.82, 2.24) is 15.0 Å². The summed E-state index contributed by atoms with van der Waals surface area (Å²) in [5.41, 5.74) is 4.19. The van der Waals surface area contributed by atoms with Crippen LogP contribution in [0.25, 0.3) is 10.2 Å². The molecule has 2 heterocycles. The third-order valence-electron chi connectivity index (χ3n) is 5.64. The van der Waals surface area contributed by atoms with Crippen molar-refractivity contribution in [3.63, 3.8) is 0 Å². The third-order valence-corrected chi connectivity index (χ3v) is 6.84. The zero-order chi connectivity index (χ0) is 23.5. The number of aryl methyl sites for hydroxylation is 2. The SMILES string of the molecule is COc1cc(/C=N\NC(=O)[C@@H](C)n2cnc3sc4c(c3c2=O)CCCC4)ccc1OC(C)C. The van der Waals surface area contributed by atoms with Crippen LogP contribution in [-0.2, 0) is 17.6 Å². The minimum absolute atomic E-state index is 0.0240. The Balaban J connectivity index is 1.49. The summed E-state index contributed by atoms with van der Waals surface area (Å²) in [5, 5.41) is 4.71. The number of hydrazone groups is 1. The van der Waals surface area contributed by atoms with E-state index in [0.29, 0.717) is 16.9 Å². The van der Waals surface area contributed by atoms with Crippen molar-refractivity contribution in [3.05, 3.63) is 50.9 Å². The number of amides is 1. The lowest BCUT2D eigenvalue weighted by Crippen LogP contribution is -2.34. The van der Waals surface area contributed by atoms with Crippen molar-refractivity contribution in [2.75, 3.05) is 7.11 Å². The van der Waals surface area contributed by atoms with Gasteiger partial charge in [0.1, 0.15) is 10.9 Å². The van der Waals surface area contributed by atoms with E-state index in [4.69, 9.17) is 9.47 Å². The fraction of sp³-hybridized carbons (Fsp3) is 0.417. The van der Waals surface area contributed by atoms with Gasteiger partial charge < -0.3 is 9.47 Å². The van der Waals surface area contributed by atoms with Crippen LogP contribution in [0, 0.1) is 0 Å². The number of hydrogen-bond donors (Lipinski definition) is 1. The summed E-state index contributed by atoms with van der Waals surface area (Å²) in [6, 6.07) is 4.65. The topological polar surface area (TPSA) is 94.8 Å². The lowest BCUT2D eigenvalue weighted by Gasteiger charge is -2.14. The van der Waals surface area contributed by atoms with E-state index in [1.54, 1.807) is 37.5 Å². The van der Waals surface area contributed by atoms with E-state index < -0.39 is 11.9 Å². The lowest BCUT2D eigenvalue weighted by molar-refractivity contribution is -0.123. The maximum atomic E-state index is 13.2. The van der Waals surface area contributed by atoms with Gasteiger partial charge in [0.15, 0.2) is 11.5 Å². The number of nitrogens with one attached hydrogen (secondary N) is 1. The molecule has 1 aliphatic carbocycles. The first-order valence-electron chi connectivity index (χ1n) is 11.1. The number of carbonyl (C=O) groups excluding carboxylic acids is 1. The van der Waals surface area contributed by atoms with Crippen molar-refractivity contribution in [3.8, 4) is 11.5 Å². The summed E-state index contributed by atoms with van der Waals surface area (Å²) in [6.07, 6.45) is 7.11. The highest BCUT2D eigenvalue weighted by atomic mass is 32.1. The van der Waals surface area contributed by atoms with Crippen molar-refractivity contribution < 1.29 is 14.3 Å². The monoisotopic (exact) mass is 468 g/mol. The molecule has 0 saturated carbocycles. The Bertz CT molecular complexity index is 1260. The van der Waals surface area contributed by atoms with Crippen molar-refractivity contribution in [1.29, 1.82) is 0 Å². The molecule has 1 amide bonds. The van der Waals surface area contributed by atoms with E-state index in [1.807, 2.05) is 19.9 Å². The van der Waals surface area contributed by atoms with Crippen LogP contribution in [-0.4, -0.2) is 34.9 Å². The molecular formula is C24H28N4O4S. The van der Waals surface area contributed by atoms with Gasteiger partial charge in [0.2, 0.25) is 0 Å². The van der Waals surface area contributed by atoms with E-state index in [0.717, 1.165) is 41.6 Å². The van der Waals surface area contributed by atoms with Crippen molar-refractivity contribution in [2.24, 2.45) is 5.10 Å². The summed E-state index contributed by atoms with van der Waals surface area (Å²) < 4.78 is 12.5. The van der Waals surface area contributed by atoms with Gasteiger partial charge >= 0.3 is 0 Å². The number of nitrogens with zero attached hydrogens (tertiary/aromatic N) is 3. The van der Waals surface area contributed by atoms with Crippen LogP contribution in [0.2, 0.25) is 0 Å². The van der Waals surface area contributed by atoms with Crippen LogP contribution >= 0.6 is 11.3 Å². The van der Waals surface area contributed by atoms with E-state index in [9.17, 15) is 9.59 Å². The minimum Gasteiger partial charge on any atom is -0.493 e. The highest BCUT2D eigenvalue weighted by molar-refractivity contribution is 7.18. The van der Waals surface area contributed by atoms with E-state index in [1.165, 1.54) is 22.0 Å². The molecule has 8 nitrogen and oxygen atoms in total. The van der Waals surface area contributed by atoms with Crippen molar-refractivity contribution >= 4 is 33.7 Å². The van der Waals surface area contributed by atoms with Gasteiger partial charge in [0, 0.05) is 4.88 Å². The van der Waals surface area contributed by atoms with Gasteiger partial charge in [-0.3, -0.25) is 14.2 Å². The summed E-state index contributed by atoms with van der Waals surface area (Å²) in [6.45, 7) is 5.55. The molecule has 0 aliphatic heterocycles. The molecule has 1 aromatic carbocycles. The normalized spacial score (nSPS) is 14.5. The molecule has 1 N–H and O–H groups in total. The molecular weight excluding hydrogens is 440 g/mol. The molecule has 0 saturated heterocycles. The molecule has 174 valence electrons. The fourth-order valence-corrected chi connectivity index (χ4v) is 5.16. The van der Waals surface area contributed by atoms with Crippen LogP contribution < -0.4 is 20.5 Å². The summed E-state index contributed by atoms with van der Waals surface area (Å²) in [4.78, 5) is 32.3. The largest absolute Gasteiger partial charge is 0.493 e. The van der Waals surface area contributed by atoms with Crippen LogP contribution in [0.5, 0.6) is 11.5 Å². The van der Waals surface area contributed by atoms with Gasteiger partial charge in [-0.1, -0.05) is 0 Å². The first kappa shape index (κ1) is 23.0. The molecule has 1 atom stereocenters. The lowest BCUT2D eigenvalue weighted by atomic mass is 9.97. The van der Waals surface area contributed by atoms with Gasteiger partial charge in [0.25, 0.3) is 11.5 Å². The first-order valence-corrected chi connectivity index (χ1v) is 11.9. The highest BCUT2D eigenvalue weighted by Gasteiger charge is 2.23. The van der Waals surface area contributed by atoms with Crippen LogP contribution in [0.1, 0.15) is 55.7 Å². The van der Waals surface area contributed by atoms with Gasteiger partial charge in [-0.25, -0.2) is 10.4 Å². The zero-order valence-corrected chi connectivity index (χ0v) is 20.1. The number of benzene rings is 1. The number of carbonyl (C=O) groups is 1. The number of thiophene rings is 1. The molecule has 9 heteroatoms. The number of hydrogen-bond acceptors (Lipinski definition) is 7. The van der Waals surface area contributed by atoms with Crippen LogP contribution in [0.3, 0.4) is 0 Å². The Morgan fingerprint density at radius 2 is 2.03 bits per heavy atom. The second-order valence-corrected chi connectivity index (χ2v) is 9.42. The molecule has 1 aliphatic rings. The maximum Gasteiger partial charge on any atom is 0.263 e. The number of rotatable bonds is 7. The number of methoxy groups -OCH3 is 1. The van der Waals surface area contributed by atoms with Gasteiger partial charge in [-0.15, -0.1) is 11.3 Å². The molecule has 0 fully saturated rings. The van der Waals surface area contributed by atoms with E-state index in [-0.39, 0.29) is 11.7 Å². The standard InChI is InChI=1S/C24H28N4O4S/c1-14(2)32-18-10-9-16(11-19(18)31-4)12-26-27-22(29)15(3)28-13-25-23-21(24(28)30)17-7-5-6-8-20(17)33-23/h9-15H,5-8H2,1-4H3,(H,27,29)/b26-12-/t15-/m1/s1. The fourth-order valence-electron chi connectivity index (χ4n) is 3.94. The second kappa shape index (κ2) is 9.74. The molecule has 0 unspecified atom stereocenters. The third kappa shape index (κ3) is 4.78. The average molecular weight is 469 g/mol. The van der Waals surface area contributed by atoms with E-state index in [2.05, 4.69) is 15.5 Å². The predicted molar refractivity (Wildman–Crippen MR) is 130 cm³/mol. The Morgan fingerprint density at radius 3 is 2.79 bits per heavy atom. The molecule has 0 bridgehead atoms. The smallest absolute Gasteiger partial charge is 0.263 e. The quantitative estimate of drug-likeness (QED) is 0.420. The second-order valence-electron chi connectivity index (χ2n) is 8.34. The van der Waals surface area contributed by atoms with Crippen LogP contribution in [0.15, 0.2) is 34.4 Å².